The molecular formula is C19H26N4O2. The van der Waals surface area contributed by atoms with E-state index in [2.05, 4.69) is 16.9 Å². The lowest BCUT2D eigenvalue weighted by Crippen LogP contribution is -2.44. The molecule has 0 aliphatic carbocycles. The molecule has 0 radical (unpaired) electrons. The van der Waals surface area contributed by atoms with Crippen molar-refractivity contribution in [3.63, 3.8) is 0 Å². The number of carbonyl (C=O) groups is 2. The molecule has 0 spiro atoms. The monoisotopic (exact) mass is 342 g/mol. The van der Waals surface area contributed by atoms with E-state index in [1.165, 1.54) is 6.08 Å². The Kier molecular flexibility index (Phi) is 5.96. The van der Waals surface area contributed by atoms with E-state index in [1.807, 2.05) is 61.4 Å². The van der Waals surface area contributed by atoms with Crippen LogP contribution in [0.3, 0.4) is 0 Å². The summed E-state index contributed by atoms with van der Waals surface area (Å²) >= 11 is 0. The Morgan fingerprint density at radius 3 is 2.48 bits per heavy atom. The second kappa shape index (κ2) is 7.96. The standard InChI is InChI=1S/C19H26N4O2/c1-6-18(24)20-11-17-21-15-9-7-8-10-16(15)22(17)12-19(25)23(13(2)3)14(4)5/h6-10,13-14H,1,11-12H2,2-5H3,(H,20,24). The quantitative estimate of drug-likeness (QED) is 0.786. The van der Waals surface area contributed by atoms with E-state index in [0.29, 0.717) is 5.82 Å². The summed E-state index contributed by atoms with van der Waals surface area (Å²) in [5.74, 6) is 0.414. The fraction of sp³-hybridized carbons (Fsp3) is 0.421. The average molecular weight is 342 g/mol. The van der Waals surface area contributed by atoms with Crippen molar-refractivity contribution in [3.05, 3.63) is 42.7 Å². The molecule has 2 rings (SSSR count). The summed E-state index contributed by atoms with van der Waals surface area (Å²) in [4.78, 5) is 30.8. The van der Waals surface area contributed by atoms with E-state index in [0.717, 1.165) is 11.0 Å². The minimum Gasteiger partial charge on any atom is -0.345 e. The van der Waals surface area contributed by atoms with Crippen LogP contribution < -0.4 is 5.32 Å². The van der Waals surface area contributed by atoms with Gasteiger partial charge in [0.1, 0.15) is 12.4 Å². The van der Waals surface area contributed by atoms with Crippen LogP contribution in [0.5, 0.6) is 0 Å². The number of para-hydroxylation sites is 2. The maximum atomic E-state index is 12.9. The van der Waals surface area contributed by atoms with E-state index >= 15 is 0 Å². The minimum absolute atomic E-state index is 0.0319. The van der Waals surface area contributed by atoms with Crippen LogP contribution in [-0.4, -0.2) is 38.3 Å². The second-order valence-corrected chi connectivity index (χ2v) is 6.51. The van der Waals surface area contributed by atoms with Gasteiger partial charge in [-0.3, -0.25) is 9.59 Å². The highest BCUT2D eigenvalue weighted by molar-refractivity contribution is 5.87. The zero-order valence-corrected chi connectivity index (χ0v) is 15.3. The van der Waals surface area contributed by atoms with Gasteiger partial charge in [-0.05, 0) is 45.9 Å². The summed E-state index contributed by atoms with van der Waals surface area (Å²) < 4.78 is 1.87. The lowest BCUT2D eigenvalue weighted by molar-refractivity contribution is -0.135. The minimum atomic E-state index is -0.268. The van der Waals surface area contributed by atoms with Crippen LogP contribution in [0.2, 0.25) is 0 Å². The van der Waals surface area contributed by atoms with Crippen molar-refractivity contribution in [1.82, 2.24) is 19.8 Å². The Morgan fingerprint density at radius 2 is 1.88 bits per heavy atom. The molecular weight excluding hydrogens is 316 g/mol. The maximum Gasteiger partial charge on any atom is 0.243 e. The van der Waals surface area contributed by atoms with E-state index < -0.39 is 0 Å². The molecule has 0 fully saturated rings. The van der Waals surface area contributed by atoms with Gasteiger partial charge in [0.2, 0.25) is 11.8 Å². The molecule has 6 nitrogen and oxygen atoms in total. The number of nitrogens with one attached hydrogen (secondary N) is 1. The lowest BCUT2D eigenvalue weighted by atomic mass is 10.2. The molecule has 2 amide bonds. The predicted molar refractivity (Wildman–Crippen MR) is 98.9 cm³/mol. The van der Waals surface area contributed by atoms with Crippen molar-refractivity contribution < 1.29 is 9.59 Å². The Bertz CT molecular complexity index is 769. The number of imidazole rings is 1. The fourth-order valence-electron chi connectivity index (χ4n) is 3.06. The number of amides is 2. The SMILES string of the molecule is C=CC(=O)NCc1nc2ccccc2n1CC(=O)N(C(C)C)C(C)C. The van der Waals surface area contributed by atoms with Gasteiger partial charge < -0.3 is 14.8 Å². The zero-order chi connectivity index (χ0) is 18.6. The van der Waals surface area contributed by atoms with Crippen LogP contribution >= 0.6 is 0 Å². The predicted octanol–water partition coefficient (Wildman–Crippen LogP) is 2.48. The van der Waals surface area contributed by atoms with E-state index in [9.17, 15) is 9.59 Å². The van der Waals surface area contributed by atoms with Crippen LogP contribution in [0.25, 0.3) is 11.0 Å². The molecule has 1 aromatic heterocycles. The summed E-state index contributed by atoms with van der Waals surface area (Å²) in [6.07, 6.45) is 1.22. The van der Waals surface area contributed by atoms with Crippen molar-refractivity contribution in [2.24, 2.45) is 0 Å². The van der Waals surface area contributed by atoms with Crippen LogP contribution in [0.4, 0.5) is 0 Å². The van der Waals surface area contributed by atoms with Crippen molar-refractivity contribution in [2.75, 3.05) is 0 Å². The lowest BCUT2D eigenvalue weighted by Gasteiger charge is -2.31. The molecule has 0 aliphatic heterocycles. The number of nitrogens with zero attached hydrogens (tertiary/aromatic N) is 3. The number of benzene rings is 1. The molecule has 0 atom stereocenters. The van der Waals surface area contributed by atoms with Crippen molar-refractivity contribution in [1.29, 1.82) is 0 Å². The summed E-state index contributed by atoms with van der Waals surface area (Å²) in [7, 11) is 0. The molecule has 134 valence electrons. The molecule has 1 N–H and O–H groups in total. The zero-order valence-electron chi connectivity index (χ0n) is 15.3. The van der Waals surface area contributed by atoms with E-state index in [-0.39, 0.29) is 37.0 Å². The van der Waals surface area contributed by atoms with Gasteiger partial charge in [0.15, 0.2) is 0 Å². The van der Waals surface area contributed by atoms with Crippen LogP contribution in [-0.2, 0) is 22.7 Å². The Balaban J connectivity index is 2.35. The molecule has 6 heteroatoms. The third-order valence-electron chi connectivity index (χ3n) is 4.03. The third kappa shape index (κ3) is 4.26. The molecule has 1 aromatic carbocycles. The van der Waals surface area contributed by atoms with E-state index in [1.54, 1.807) is 0 Å². The van der Waals surface area contributed by atoms with Gasteiger partial charge in [0, 0.05) is 12.1 Å². The Morgan fingerprint density at radius 1 is 1.24 bits per heavy atom. The smallest absolute Gasteiger partial charge is 0.243 e. The van der Waals surface area contributed by atoms with Gasteiger partial charge >= 0.3 is 0 Å². The summed E-state index contributed by atoms with van der Waals surface area (Å²) in [6.45, 7) is 11.9. The van der Waals surface area contributed by atoms with Crippen molar-refractivity contribution in [3.8, 4) is 0 Å². The third-order valence-corrected chi connectivity index (χ3v) is 4.03. The van der Waals surface area contributed by atoms with Crippen molar-refractivity contribution in [2.45, 2.75) is 52.9 Å². The molecule has 0 unspecified atom stereocenters. The first kappa shape index (κ1) is 18.7. The topological polar surface area (TPSA) is 67.2 Å². The van der Waals surface area contributed by atoms with Crippen LogP contribution in [0.1, 0.15) is 33.5 Å². The molecule has 0 saturated carbocycles. The van der Waals surface area contributed by atoms with Gasteiger partial charge in [0.25, 0.3) is 0 Å². The summed E-state index contributed by atoms with van der Waals surface area (Å²) in [5, 5.41) is 2.73. The highest BCUT2D eigenvalue weighted by Gasteiger charge is 2.22. The van der Waals surface area contributed by atoms with Crippen LogP contribution in [0.15, 0.2) is 36.9 Å². The van der Waals surface area contributed by atoms with Gasteiger partial charge in [-0.1, -0.05) is 18.7 Å². The highest BCUT2D eigenvalue weighted by Crippen LogP contribution is 2.17. The van der Waals surface area contributed by atoms with Crippen LogP contribution in [0, 0.1) is 0 Å². The first-order valence-corrected chi connectivity index (χ1v) is 8.50. The summed E-state index contributed by atoms with van der Waals surface area (Å²) in [6, 6.07) is 7.89. The number of aromatic nitrogens is 2. The number of carbonyl (C=O) groups excluding carboxylic acids is 2. The number of fused-ring (bicyclic) bond motifs is 1. The molecule has 25 heavy (non-hydrogen) atoms. The molecule has 0 bridgehead atoms. The molecule has 0 saturated heterocycles. The van der Waals surface area contributed by atoms with Gasteiger partial charge in [-0.15, -0.1) is 0 Å². The first-order chi connectivity index (χ1) is 11.8. The number of hydrogen-bond donors (Lipinski definition) is 1. The summed E-state index contributed by atoms with van der Waals surface area (Å²) in [5.41, 5.74) is 1.69. The number of rotatable bonds is 7. The van der Waals surface area contributed by atoms with Gasteiger partial charge in [-0.2, -0.15) is 0 Å². The highest BCUT2D eigenvalue weighted by atomic mass is 16.2. The largest absolute Gasteiger partial charge is 0.345 e. The van der Waals surface area contributed by atoms with Gasteiger partial charge in [0.05, 0.1) is 17.6 Å². The van der Waals surface area contributed by atoms with Gasteiger partial charge in [-0.25, -0.2) is 4.98 Å². The normalized spacial score (nSPS) is 11.1. The number of hydrogen-bond acceptors (Lipinski definition) is 3. The maximum absolute atomic E-state index is 12.9. The Labute approximate surface area is 148 Å². The molecule has 1 heterocycles. The average Bonchev–Trinajstić information content (AvgIpc) is 2.89. The van der Waals surface area contributed by atoms with Crippen molar-refractivity contribution >= 4 is 22.8 Å². The first-order valence-electron chi connectivity index (χ1n) is 8.50. The Hall–Kier alpha value is -2.63. The molecule has 0 aliphatic rings. The second-order valence-electron chi connectivity index (χ2n) is 6.51. The fourth-order valence-corrected chi connectivity index (χ4v) is 3.06. The van der Waals surface area contributed by atoms with E-state index in [4.69, 9.17) is 0 Å². The molecule has 2 aromatic rings.